The normalized spacial score (nSPS) is 20.0. The molecule has 3 aromatic carbocycles. The molecule has 1 aromatic heterocycles. The summed E-state index contributed by atoms with van der Waals surface area (Å²) in [4.78, 5) is 14.6. The third-order valence-corrected chi connectivity index (χ3v) is 11.6. The molecule has 4 aliphatic heterocycles. The number of aryl methyl sites for hydroxylation is 1. The van der Waals surface area contributed by atoms with Gasteiger partial charge in [0.15, 0.2) is 11.6 Å². The van der Waals surface area contributed by atoms with Crippen LogP contribution in [0.3, 0.4) is 0 Å². The Bertz CT molecular complexity index is 2220. The van der Waals surface area contributed by atoms with Crippen molar-refractivity contribution in [3.05, 3.63) is 105 Å². The lowest BCUT2D eigenvalue weighted by atomic mass is 9.95. The largest absolute Gasteiger partial charge is 0.497 e. The van der Waals surface area contributed by atoms with Crippen LogP contribution >= 0.6 is 11.6 Å². The average Bonchev–Trinajstić information content (AvgIpc) is 3.68. The van der Waals surface area contributed by atoms with E-state index in [2.05, 4.69) is 20.2 Å². The van der Waals surface area contributed by atoms with Gasteiger partial charge in [-0.3, -0.25) is 4.90 Å². The lowest BCUT2D eigenvalue weighted by Crippen LogP contribution is -2.42. The monoisotopic (exact) mass is 824 g/mol. The summed E-state index contributed by atoms with van der Waals surface area (Å²) < 4.78 is 101. The number of amidine groups is 1. The third-order valence-electron chi connectivity index (χ3n) is 11.2. The smallest absolute Gasteiger partial charge is 0.418 e. The maximum absolute atomic E-state index is 17.5. The zero-order valence-electron chi connectivity index (χ0n) is 32.4. The number of alkyl halides is 4. The highest BCUT2D eigenvalue weighted by molar-refractivity contribution is 6.37. The first-order chi connectivity index (χ1) is 27.8. The SMILES string of the molecule is COc1ccc(CN(Cc2ccc(OC)cc2)c2cc(C)c(C(F)(F)F)c(-c3c(F)c4c5c(c3Cl)NCN=C5N(C)C=C(OC[C@@]35CCCN3C[C@H](F)C5)O4)n2)cc1. The number of halogens is 6. The summed E-state index contributed by atoms with van der Waals surface area (Å²) in [5.41, 5.74) is -1.32. The van der Waals surface area contributed by atoms with Crippen LogP contribution in [0.15, 0.2) is 71.7 Å². The van der Waals surface area contributed by atoms with Gasteiger partial charge in [0.05, 0.1) is 59.1 Å². The molecular weight excluding hydrogens is 783 g/mol. The summed E-state index contributed by atoms with van der Waals surface area (Å²) in [5.74, 6) is -0.0529. The number of methoxy groups -OCH3 is 2. The van der Waals surface area contributed by atoms with Gasteiger partial charge < -0.3 is 34.1 Å². The van der Waals surface area contributed by atoms with Gasteiger partial charge in [-0.2, -0.15) is 13.2 Å². The number of pyridine rings is 1. The van der Waals surface area contributed by atoms with E-state index in [-0.39, 0.29) is 72.2 Å². The van der Waals surface area contributed by atoms with E-state index < -0.39 is 46.3 Å². The Kier molecular flexibility index (Phi) is 10.6. The van der Waals surface area contributed by atoms with Crippen molar-refractivity contribution in [2.75, 3.05) is 57.8 Å². The molecule has 0 spiro atoms. The third kappa shape index (κ3) is 7.34. The second-order valence-corrected chi connectivity index (χ2v) is 15.4. The Morgan fingerprint density at radius 3 is 2.29 bits per heavy atom. The first-order valence-electron chi connectivity index (χ1n) is 18.9. The molecule has 58 heavy (non-hydrogen) atoms. The Balaban J connectivity index is 1.25. The van der Waals surface area contributed by atoms with Crippen LogP contribution in [0.4, 0.5) is 33.5 Å². The summed E-state index contributed by atoms with van der Waals surface area (Å²) >= 11 is 7.00. The molecule has 5 heterocycles. The molecule has 0 saturated carbocycles. The van der Waals surface area contributed by atoms with Crippen LogP contribution in [0, 0.1) is 12.7 Å². The summed E-state index contributed by atoms with van der Waals surface area (Å²) in [7, 11) is 4.78. The fourth-order valence-corrected chi connectivity index (χ4v) is 8.79. The summed E-state index contributed by atoms with van der Waals surface area (Å²) in [6, 6.07) is 15.9. The molecule has 16 heteroatoms. The van der Waals surface area contributed by atoms with E-state index in [0.717, 1.165) is 30.5 Å². The minimum Gasteiger partial charge on any atom is -0.497 e. The van der Waals surface area contributed by atoms with Crippen LogP contribution in [0.25, 0.3) is 11.3 Å². The number of aromatic nitrogens is 1. The Morgan fingerprint density at radius 2 is 1.67 bits per heavy atom. The highest BCUT2D eigenvalue weighted by Gasteiger charge is 2.50. The Hall–Kier alpha value is -5.28. The van der Waals surface area contributed by atoms with E-state index in [1.807, 2.05) is 24.3 Å². The lowest BCUT2D eigenvalue weighted by Gasteiger charge is -2.31. The van der Waals surface area contributed by atoms with E-state index in [9.17, 15) is 4.39 Å². The van der Waals surface area contributed by atoms with E-state index in [0.29, 0.717) is 18.0 Å². The number of nitrogens with zero attached hydrogens (tertiary/aromatic N) is 5. The summed E-state index contributed by atoms with van der Waals surface area (Å²) in [6.45, 7) is 2.87. The predicted octanol–water partition coefficient (Wildman–Crippen LogP) is 8.94. The molecule has 10 nitrogen and oxygen atoms in total. The van der Waals surface area contributed by atoms with E-state index in [4.69, 9.17) is 30.5 Å². The van der Waals surface area contributed by atoms with Gasteiger partial charge in [0.1, 0.15) is 42.6 Å². The standard InChI is InChI=1S/C42H42ClF5N6O4/c1-24-16-30(53(18-25-6-10-28(55-3)11-7-25)19-26-8-12-29(56-4)13-9-26)51-37(34(24)42(46,47)48)32-35(43)38-33-39(36(32)45)58-31(21-52(2)40(33)50-23-49-38)57-22-41-14-5-15-54(41)20-27(44)17-41/h6-13,16,21,27,49H,5,14-15,17-20,22-23H2,1-4H3/t27-,41+/m1/s1. The molecule has 0 radical (unpaired) electrons. The Labute approximate surface area is 337 Å². The number of anilines is 2. The molecule has 2 saturated heterocycles. The second-order valence-electron chi connectivity index (χ2n) is 15.0. The van der Waals surface area contributed by atoms with E-state index in [1.54, 1.807) is 55.3 Å². The number of benzene rings is 3. The lowest BCUT2D eigenvalue weighted by molar-refractivity contribution is -0.137. The van der Waals surface area contributed by atoms with Crippen molar-refractivity contribution in [1.82, 2.24) is 14.8 Å². The number of fused-ring (bicyclic) bond motifs is 1. The molecule has 4 aromatic rings. The molecule has 2 fully saturated rings. The van der Waals surface area contributed by atoms with Gasteiger partial charge >= 0.3 is 12.1 Å². The fourth-order valence-electron chi connectivity index (χ4n) is 8.46. The van der Waals surface area contributed by atoms with E-state index >= 15 is 17.6 Å². The minimum atomic E-state index is -4.96. The molecular formula is C42H42ClF5N6O4. The van der Waals surface area contributed by atoms with Crippen LogP contribution in [-0.4, -0.2) is 80.0 Å². The van der Waals surface area contributed by atoms with Gasteiger partial charge in [-0.25, -0.2) is 18.8 Å². The number of hydrogen-bond donors (Lipinski definition) is 1. The van der Waals surface area contributed by atoms with Crippen molar-refractivity contribution < 1.29 is 40.9 Å². The molecule has 0 unspecified atom stereocenters. The van der Waals surface area contributed by atoms with Crippen LogP contribution in [-0.2, 0) is 24.0 Å². The Morgan fingerprint density at radius 1 is 1.02 bits per heavy atom. The van der Waals surface area contributed by atoms with Crippen molar-refractivity contribution >= 4 is 28.9 Å². The van der Waals surface area contributed by atoms with Crippen LogP contribution < -0.4 is 24.4 Å². The van der Waals surface area contributed by atoms with Gasteiger partial charge in [-0.1, -0.05) is 35.9 Å². The molecule has 2 atom stereocenters. The molecule has 306 valence electrons. The van der Waals surface area contributed by atoms with Gasteiger partial charge in [-0.05, 0) is 73.3 Å². The van der Waals surface area contributed by atoms with Gasteiger partial charge in [0.2, 0.25) is 0 Å². The van der Waals surface area contributed by atoms with Gasteiger partial charge in [0, 0.05) is 33.1 Å². The number of rotatable bonds is 11. The number of nitrogens with one attached hydrogen (secondary N) is 1. The molecule has 8 rings (SSSR count). The minimum absolute atomic E-state index is 0.00692. The molecule has 0 bridgehead atoms. The van der Waals surface area contributed by atoms with Crippen LogP contribution in [0.1, 0.15) is 47.1 Å². The summed E-state index contributed by atoms with van der Waals surface area (Å²) in [5, 5.41) is 2.71. The average molecular weight is 825 g/mol. The number of hydrogen-bond acceptors (Lipinski definition) is 10. The molecule has 4 aliphatic rings. The summed E-state index contributed by atoms with van der Waals surface area (Å²) in [6.07, 6.45) is -2.59. The highest BCUT2D eigenvalue weighted by Crippen LogP contribution is 2.51. The number of ether oxygens (including phenoxy) is 4. The van der Waals surface area contributed by atoms with Crippen LogP contribution in [0.5, 0.6) is 17.2 Å². The molecule has 1 N–H and O–H groups in total. The maximum atomic E-state index is 17.5. The van der Waals surface area contributed by atoms with Crippen molar-refractivity contribution in [2.24, 2.45) is 4.99 Å². The fraction of sp³-hybridized carbons (Fsp3) is 0.381. The molecule has 0 amide bonds. The zero-order chi connectivity index (χ0) is 40.9. The topological polar surface area (TPSA) is 83.9 Å². The quantitative estimate of drug-likeness (QED) is 0.149. The van der Waals surface area contributed by atoms with Crippen molar-refractivity contribution in [1.29, 1.82) is 0 Å². The first-order valence-corrected chi connectivity index (χ1v) is 19.2. The van der Waals surface area contributed by atoms with Gasteiger partial charge in [-0.15, -0.1) is 0 Å². The predicted molar refractivity (Wildman–Crippen MR) is 211 cm³/mol. The first kappa shape index (κ1) is 39.5. The van der Waals surface area contributed by atoms with E-state index in [1.165, 1.54) is 19.2 Å². The maximum Gasteiger partial charge on any atom is 0.418 e. The van der Waals surface area contributed by atoms with Crippen LogP contribution in [0.2, 0.25) is 5.02 Å². The van der Waals surface area contributed by atoms with Crippen molar-refractivity contribution in [3.63, 3.8) is 0 Å². The van der Waals surface area contributed by atoms with Gasteiger partial charge in [0.25, 0.3) is 0 Å². The second kappa shape index (κ2) is 15.5. The van der Waals surface area contributed by atoms with Crippen molar-refractivity contribution in [2.45, 2.75) is 57.2 Å². The zero-order valence-corrected chi connectivity index (χ0v) is 33.1. The number of aliphatic imine (C=N–C) groups is 1. The molecule has 0 aliphatic carbocycles. The highest BCUT2D eigenvalue weighted by atomic mass is 35.5. The van der Waals surface area contributed by atoms with Crippen molar-refractivity contribution in [3.8, 4) is 28.5 Å².